The van der Waals surface area contributed by atoms with Crippen LogP contribution >= 0.6 is 13.5 Å². The number of hydrogen-bond donors (Lipinski definition) is 0. The molecule has 0 aromatic carbocycles. The van der Waals surface area contributed by atoms with Crippen LogP contribution in [-0.2, 0) is 0 Å². The van der Waals surface area contributed by atoms with Crippen LogP contribution in [0.1, 0.15) is 0 Å². The zero-order valence-electron chi connectivity index (χ0n) is 2.45. The van der Waals surface area contributed by atoms with E-state index in [0.29, 0.717) is 0 Å². The van der Waals surface area contributed by atoms with Crippen molar-refractivity contribution >= 4 is 74.2 Å². The van der Waals surface area contributed by atoms with Crippen molar-refractivity contribution in [3.8, 4) is 0 Å². The minimum Gasteiger partial charge on any atom is -0.197 e. The average molecular weight is 235 g/mol. The van der Waals surface area contributed by atoms with Gasteiger partial charge in [-0.3, -0.25) is 0 Å². The largest absolute Gasteiger partial charge is 0.197 e. The monoisotopic (exact) mass is 236 g/mol. The molecule has 4 heteroatoms. The van der Waals surface area contributed by atoms with Gasteiger partial charge in [-0.05, 0) is 0 Å². The summed E-state index contributed by atoms with van der Waals surface area (Å²) in [6, 6.07) is 0. The normalized spacial score (nSPS) is 0. The first-order chi connectivity index (χ1) is 0. The van der Waals surface area contributed by atoms with Gasteiger partial charge in [-0.1, -0.05) is 0 Å². The molecule has 0 saturated heterocycles. The van der Waals surface area contributed by atoms with Gasteiger partial charge in [0.25, 0.3) is 0 Å². The molecule has 0 aliphatic rings. The molecule has 0 atom stereocenters. The van der Waals surface area contributed by atoms with Crippen molar-refractivity contribution in [2.24, 2.45) is 0 Å². The predicted molar refractivity (Wildman–Crippen MR) is 27.6 cm³/mol. The van der Waals surface area contributed by atoms with Crippen LogP contribution < -0.4 is 0 Å². The second-order valence-electron chi connectivity index (χ2n) is 0. The third-order valence-electron chi connectivity index (χ3n) is 0. The van der Waals surface area contributed by atoms with Crippen LogP contribution in [0.25, 0.3) is 0 Å². The molecule has 0 aromatic heterocycles. The van der Waals surface area contributed by atoms with Gasteiger partial charge in [0.2, 0.25) is 0 Å². The van der Waals surface area contributed by atoms with Gasteiger partial charge in [-0.15, -0.1) is 0 Å². The Morgan fingerprint density at radius 2 is 1.00 bits per heavy atom. The molecule has 0 aromatic rings. The van der Waals surface area contributed by atoms with Crippen molar-refractivity contribution in [3.05, 3.63) is 0 Å². The topological polar surface area (TPSA) is 0 Å². The number of rotatable bonds is 0. The third-order valence-corrected chi connectivity index (χ3v) is 0. The van der Waals surface area contributed by atoms with E-state index in [1.807, 2.05) is 0 Å². The first-order valence-corrected chi connectivity index (χ1v) is 0. The summed E-state index contributed by atoms with van der Waals surface area (Å²) in [6.45, 7) is 0. The molecule has 0 aliphatic heterocycles. The Labute approximate surface area is 73.4 Å². The molecule has 0 spiro atoms. The Bertz CT molecular complexity index is 8.00. The zero-order valence-corrected chi connectivity index (χ0v) is 8.18. The summed E-state index contributed by atoms with van der Waals surface area (Å²) in [5.74, 6) is 0. The van der Waals surface area contributed by atoms with Gasteiger partial charge >= 0.3 is 0 Å². The third kappa shape index (κ3) is 8.85. The fourth-order valence-corrected chi connectivity index (χ4v) is 0. The second kappa shape index (κ2) is 18.5. The molecule has 18 valence electrons. The van der Waals surface area contributed by atoms with Crippen molar-refractivity contribution in [1.82, 2.24) is 0 Å². The van der Waals surface area contributed by atoms with Gasteiger partial charge in [0.05, 0.1) is 0 Å². The van der Waals surface area contributed by atoms with E-state index in [9.17, 15) is 0 Å². The first-order valence-electron chi connectivity index (χ1n) is 0. The minimum absolute atomic E-state index is 0. The molecule has 0 heterocycles. The summed E-state index contributed by atoms with van der Waals surface area (Å²) in [5.41, 5.74) is 0. The second-order valence-corrected chi connectivity index (χ2v) is 0. The maximum absolute atomic E-state index is 0. The number of hydrogen-bond acceptors (Lipinski definition) is 0. The quantitative estimate of drug-likeness (QED) is 0.471. The molecule has 0 fully saturated rings. The summed E-state index contributed by atoms with van der Waals surface area (Å²) in [7, 11) is 0. The van der Waals surface area contributed by atoms with Crippen LogP contribution in [0.2, 0.25) is 0 Å². The Kier molecular flexibility index (Phi) is 155. The minimum atomic E-state index is 0. The van der Waals surface area contributed by atoms with Crippen molar-refractivity contribution in [1.29, 1.82) is 0 Å². The van der Waals surface area contributed by atoms with E-state index in [-0.39, 0.29) is 74.2 Å². The van der Waals surface area contributed by atoms with Gasteiger partial charge in [-0.25, -0.2) is 0 Å². The molecule has 0 N–H and O–H groups in total. The molecular weight excluding hydrogens is 233 g/mol. The van der Waals surface area contributed by atoms with E-state index in [4.69, 9.17) is 0 Å². The van der Waals surface area contributed by atoms with Crippen LogP contribution in [0.15, 0.2) is 0 Å². The van der Waals surface area contributed by atoms with E-state index in [1.54, 1.807) is 0 Å². The Morgan fingerprint density at radius 3 is 1.00 bits per heavy atom. The Balaban J connectivity index is 0. The zero-order chi connectivity index (χ0) is 0. The van der Waals surface area contributed by atoms with Crippen LogP contribution in [-0.4, -0.2) is 60.7 Å². The van der Waals surface area contributed by atoms with E-state index in [2.05, 4.69) is 0 Å². The van der Waals surface area contributed by atoms with Crippen LogP contribution in [0.5, 0.6) is 0 Å². The van der Waals surface area contributed by atoms with Crippen LogP contribution in [0.3, 0.4) is 0 Å². The maximum Gasteiger partial charge on any atom is 0 e. The summed E-state index contributed by atoms with van der Waals surface area (Å²) in [5, 5.41) is 0. The van der Waals surface area contributed by atoms with E-state index < -0.39 is 0 Å². The first kappa shape index (κ1) is 33.4. The van der Waals surface area contributed by atoms with Crippen molar-refractivity contribution in [2.45, 2.75) is 0 Å². The van der Waals surface area contributed by atoms with Crippen LogP contribution in [0, 0.1) is 0 Å². The molecule has 0 rings (SSSR count). The maximum atomic E-state index is 0. The summed E-state index contributed by atoms with van der Waals surface area (Å²) in [6.07, 6.45) is 0. The molecule has 8 radical (unpaired) electrons. The van der Waals surface area contributed by atoms with E-state index in [1.165, 1.54) is 0 Å². The Morgan fingerprint density at radius 1 is 1.00 bits per heavy atom. The van der Waals surface area contributed by atoms with Gasteiger partial charge in [0.15, 0.2) is 0 Å². The molecular formula is H2AsLiSSn. The average Bonchev–Trinajstić information content (AvgIpc) is 0. The molecule has 0 aliphatic carbocycles. The van der Waals surface area contributed by atoms with Crippen molar-refractivity contribution < 1.29 is 0 Å². The Hall–Kier alpha value is 2.30. The summed E-state index contributed by atoms with van der Waals surface area (Å²) in [4.78, 5) is 0. The van der Waals surface area contributed by atoms with Gasteiger partial charge in [0, 0.05) is 60.7 Å². The van der Waals surface area contributed by atoms with Crippen molar-refractivity contribution in [2.75, 3.05) is 0 Å². The molecule has 0 saturated carbocycles. The molecule has 0 bridgehead atoms. The van der Waals surface area contributed by atoms with E-state index in [0.717, 1.165) is 0 Å². The fourth-order valence-electron chi connectivity index (χ4n) is 0. The van der Waals surface area contributed by atoms with Gasteiger partial charge in [0.1, 0.15) is 0 Å². The fraction of sp³-hybridized carbons (Fsp3) is 0. The van der Waals surface area contributed by atoms with Gasteiger partial charge < -0.3 is 0 Å². The smallest absolute Gasteiger partial charge is 0 e. The molecule has 0 unspecified atom stereocenters. The standard InChI is InChI=1S/As.Li.H2S.Sn/h;;1H2;. The SMILES string of the molecule is S.[As].[Li].[Sn]. The van der Waals surface area contributed by atoms with E-state index >= 15 is 0 Å². The summed E-state index contributed by atoms with van der Waals surface area (Å²) >= 11 is 0. The predicted octanol–water partition coefficient (Wildman–Crippen LogP) is -1.03. The molecule has 0 amide bonds. The van der Waals surface area contributed by atoms with Crippen molar-refractivity contribution in [3.63, 3.8) is 0 Å². The molecule has 0 nitrogen and oxygen atoms in total. The van der Waals surface area contributed by atoms with Crippen LogP contribution in [0.4, 0.5) is 0 Å². The summed E-state index contributed by atoms with van der Waals surface area (Å²) < 4.78 is 0. The molecule has 4 heavy (non-hydrogen) atoms. The van der Waals surface area contributed by atoms with Gasteiger partial charge in [-0.2, -0.15) is 13.5 Å².